The molecule has 0 spiro atoms. The first-order valence-corrected chi connectivity index (χ1v) is 8.80. The summed E-state index contributed by atoms with van der Waals surface area (Å²) in [7, 11) is 3.44. The highest BCUT2D eigenvalue weighted by Gasteiger charge is 2.16. The van der Waals surface area contributed by atoms with Gasteiger partial charge in [0.2, 0.25) is 0 Å². The Kier molecular flexibility index (Phi) is 12.5. The molecule has 0 amide bonds. The number of hydrogen-bond donors (Lipinski definition) is 1. The van der Waals surface area contributed by atoms with Gasteiger partial charge in [-0.25, -0.2) is 0 Å². The first-order valence-electron chi connectivity index (χ1n) is 8.80. The van der Waals surface area contributed by atoms with Crippen LogP contribution in [-0.2, 0) is 0 Å². The third-order valence-electron chi connectivity index (χ3n) is 4.05. The fraction of sp³-hybridized carbons (Fsp3) is 1.00. The normalized spacial score (nSPS) is 13.7. The molecule has 0 fully saturated rings. The van der Waals surface area contributed by atoms with Crippen LogP contribution < -0.4 is 5.32 Å². The molecule has 0 bridgehead atoms. The van der Waals surface area contributed by atoms with E-state index in [0.717, 1.165) is 13.0 Å². The van der Waals surface area contributed by atoms with Gasteiger partial charge in [-0.05, 0) is 6.42 Å². The number of unbranched alkanes of at least 4 members (excludes halogenated alkanes) is 9. The minimum atomic E-state index is -0.228. The van der Waals surface area contributed by atoms with Crippen LogP contribution in [0.3, 0.4) is 0 Å². The monoisotopic (exact) mass is 286 g/mol. The molecule has 1 unspecified atom stereocenters. The van der Waals surface area contributed by atoms with E-state index in [2.05, 4.69) is 19.2 Å². The number of rotatable bonds is 14. The molecule has 1 N–H and O–H groups in total. The lowest BCUT2D eigenvalue weighted by atomic mass is 10.1. The van der Waals surface area contributed by atoms with Crippen LogP contribution in [0.15, 0.2) is 0 Å². The van der Waals surface area contributed by atoms with Crippen LogP contribution in [-0.4, -0.2) is 31.5 Å². The third-order valence-corrected chi connectivity index (χ3v) is 4.05. The largest absolute Gasteiger partial charge is 0.632 e. The second-order valence-corrected chi connectivity index (χ2v) is 6.49. The maximum atomic E-state index is 11.8. The minimum absolute atomic E-state index is 0.0496. The van der Waals surface area contributed by atoms with Gasteiger partial charge in [0.1, 0.15) is 6.17 Å². The van der Waals surface area contributed by atoms with Crippen LogP contribution in [0.25, 0.3) is 0 Å². The molecule has 0 aliphatic heterocycles. The number of hydrogen-bond acceptors (Lipinski definition) is 2. The van der Waals surface area contributed by atoms with Crippen molar-refractivity contribution in [3.63, 3.8) is 0 Å². The van der Waals surface area contributed by atoms with E-state index in [0.29, 0.717) is 0 Å². The predicted octanol–water partition coefficient (Wildman–Crippen LogP) is 4.81. The highest BCUT2D eigenvalue weighted by atomic mass is 16.5. The van der Waals surface area contributed by atoms with E-state index < -0.39 is 0 Å². The average molecular weight is 287 g/mol. The van der Waals surface area contributed by atoms with Crippen molar-refractivity contribution < 1.29 is 4.65 Å². The Labute approximate surface area is 127 Å². The van der Waals surface area contributed by atoms with Gasteiger partial charge in [-0.1, -0.05) is 71.6 Å². The molecule has 3 nitrogen and oxygen atoms in total. The first kappa shape index (κ1) is 19.9. The SMILES string of the molecule is CCCCCCCCCCCCNC(CC)[N+](C)(C)[O-]. The van der Waals surface area contributed by atoms with Gasteiger partial charge in [-0.2, -0.15) is 0 Å². The lowest BCUT2D eigenvalue weighted by Gasteiger charge is -2.41. The van der Waals surface area contributed by atoms with E-state index in [1.165, 1.54) is 64.2 Å². The molecule has 0 aliphatic rings. The minimum Gasteiger partial charge on any atom is -0.632 e. The number of quaternary nitrogens is 1. The molecule has 20 heavy (non-hydrogen) atoms. The Hall–Kier alpha value is -0.120. The lowest BCUT2D eigenvalue weighted by molar-refractivity contribution is -0.870. The number of hydroxylamine groups is 3. The highest BCUT2D eigenvalue weighted by molar-refractivity contribution is 4.56. The molecule has 0 aromatic heterocycles. The first-order chi connectivity index (χ1) is 9.52. The zero-order chi connectivity index (χ0) is 15.3. The Morgan fingerprint density at radius 3 is 1.65 bits per heavy atom. The van der Waals surface area contributed by atoms with Gasteiger partial charge >= 0.3 is 0 Å². The zero-order valence-electron chi connectivity index (χ0n) is 14.4. The summed E-state index contributed by atoms with van der Waals surface area (Å²) < 4.78 is -0.228. The van der Waals surface area contributed by atoms with Gasteiger partial charge in [0.05, 0.1) is 14.1 Å². The fourth-order valence-corrected chi connectivity index (χ4v) is 2.68. The Balaban J connectivity index is 3.28. The van der Waals surface area contributed by atoms with Crippen molar-refractivity contribution in [3.05, 3.63) is 5.21 Å². The molecule has 0 rings (SSSR count). The van der Waals surface area contributed by atoms with Crippen LogP contribution in [0.1, 0.15) is 84.5 Å². The summed E-state index contributed by atoms with van der Waals surface area (Å²) in [6.45, 7) is 5.33. The van der Waals surface area contributed by atoms with Crippen LogP contribution in [0.5, 0.6) is 0 Å². The topological polar surface area (TPSA) is 35.1 Å². The van der Waals surface area contributed by atoms with Gasteiger partial charge in [-0.3, -0.25) is 5.32 Å². The summed E-state index contributed by atoms with van der Waals surface area (Å²) in [5, 5.41) is 15.2. The summed E-state index contributed by atoms with van der Waals surface area (Å²) >= 11 is 0. The second-order valence-electron chi connectivity index (χ2n) is 6.49. The molecule has 0 aliphatic carbocycles. The summed E-state index contributed by atoms with van der Waals surface area (Å²) in [6.07, 6.45) is 14.6. The van der Waals surface area contributed by atoms with Gasteiger partial charge in [-0.15, -0.1) is 0 Å². The summed E-state index contributed by atoms with van der Waals surface area (Å²) in [5.74, 6) is 0. The van der Waals surface area contributed by atoms with E-state index in [9.17, 15) is 5.21 Å². The smallest absolute Gasteiger partial charge is 0.141 e. The molecular weight excluding hydrogens is 248 g/mol. The van der Waals surface area contributed by atoms with Crippen molar-refractivity contribution in [2.24, 2.45) is 0 Å². The molecule has 1 atom stereocenters. The van der Waals surface area contributed by atoms with Gasteiger partial charge < -0.3 is 9.85 Å². The van der Waals surface area contributed by atoms with E-state index in [1.807, 2.05) is 0 Å². The molecule has 122 valence electrons. The van der Waals surface area contributed by atoms with Crippen molar-refractivity contribution >= 4 is 0 Å². The van der Waals surface area contributed by atoms with E-state index >= 15 is 0 Å². The molecule has 0 radical (unpaired) electrons. The van der Waals surface area contributed by atoms with Gasteiger partial charge in [0, 0.05) is 13.0 Å². The maximum Gasteiger partial charge on any atom is 0.141 e. The van der Waals surface area contributed by atoms with E-state index in [4.69, 9.17) is 0 Å². The number of nitrogens with one attached hydrogen (secondary N) is 1. The van der Waals surface area contributed by atoms with Crippen molar-refractivity contribution in [2.75, 3.05) is 20.6 Å². The molecule has 0 aromatic rings. The average Bonchev–Trinajstić information content (AvgIpc) is 2.38. The second kappa shape index (κ2) is 12.6. The molecule has 0 saturated heterocycles. The Morgan fingerprint density at radius 1 is 0.800 bits per heavy atom. The van der Waals surface area contributed by atoms with Gasteiger partial charge in [0.15, 0.2) is 0 Å². The van der Waals surface area contributed by atoms with Crippen LogP contribution in [0.2, 0.25) is 0 Å². The van der Waals surface area contributed by atoms with Crippen LogP contribution >= 0.6 is 0 Å². The van der Waals surface area contributed by atoms with Crippen molar-refractivity contribution in [3.8, 4) is 0 Å². The van der Waals surface area contributed by atoms with E-state index in [1.54, 1.807) is 14.1 Å². The molecule has 0 saturated carbocycles. The molecule has 0 heterocycles. The van der Waals surface area contributed by atoms with Crippen molar-refractivity contribution in [2.45, 2.75) is 90.6 Å². The fourth-order valence-electron chi connectivity index (χ4n) is 2.68. The molecular formula is C17H38N2O. The maximum absolute atomic E-state index is 11.8. The standard InChI is InChI=1S/C17H38N2O/c1-5-7-8-9-10-11-12-13-14-15-16-18-17(6-2)19(3,4)20/h17-18H,5-16H2,1-4H3. The van der Waals surface area contributed by atoms with E-state index in [-0.39, 0.29) is 10.8 Å². The van der Waals surface area contributed by atoms with Gasteiger partial charge in [0.25, 0.3) is 0 Å². The number of nitrogens with zero attached hydrogens (tertiary/aromatic N) is 1. The van der Waals surface area contributed by atoms with Crippen molar-refractivity contribution in [1.29, 1.82) is 0 Å². The summed E-state index contributed by atoms with van der Waals surface area (Å²) in [6, 6.07) is 0. The highest BCUT2D eigenvalue weighted by Crippen LogP contribution is 2.10. The Morgan fingerprint density at radius 2 is 1.25 bits per heavy atom. The quantitative estimate of drug-likeness (QED) is 0.215. The van der Waals surface area contributed by atoms with Crippen LogP contribution in [0.4, 0.5) is 0 Å². The lowest BCUT2D eigenvalue weighted by Crippen LogP contribution is -2.52. The van der Waals surface area contributed by atoms with Crippen molar-refractivity contribution in [1.82, 2.24) is 5.32 Å². The Bertz CT molecular complexity index is 202. The van der Waals surface area contributed by atoms with Crippen LogP contribution in [0, 0.1) is 5.21 Å². The predicted molar refractivity (Wildman–Crippen MR) is 89.4 cm³/mol. The summed E-state index contributed by atoms with van der Waals surface area (Å²) in [5.41, 5.74) is 0. The molecule has 0 aromatic carbocycles. The molecule has 3 heteroatoms. The summed E-state index contributed by atoms with van der Waals surface area (Å²) in [4.78, 5) is 0. The zero-order valence-corrected chi connectivity index (χ0v) is 14.4. The third kappa shape index (κ3) is 11.7.